The molecule has 1 aromatic rings. The fourth-order valence-corrected chi connectivity index (χ4v) is 2.30. The molecule has 1 saturated heterocycles. The van der Waals surface area contributed by atoms with Crippen molar-refractivity contribution in [3.63, 3.8) is 0 Å². The molecule has 5 heteroatoms. The van der Waals surface area contributed by atoms with E-state index < -0.39 is 5.97 Å². The van der Waals surface area contributed by atoms with Gasteiger partial charge in [0.15, 0.2) is 0 Å². The van der Waals surface area contributed by atoms with Gasteiger partial charge in [0, 0.05) is 12.3 Å². The minimum atomic E-state index is -0.926. The number of nitrogens with one attached hydrogen (secondary N) is 1. The van der Waals surface area contributed by atoms with Crippen LogP contribution in [-0.2, 0) is 11.2 Å². The molecule has 19 heavy (non-hydrogen) atoms. The first-order valence-electron chi connectivity index (χ1n) is 6.62. The van der Waals surface area contributed by atoms with Crippen LogP contribution in [0, 0.1) is 0 Å². The molecule has 2 heterocycles. The molecule has 0 aromatic carbocycles. The molecule has 1 aliphatic rings. The van der Waals surface area contributed by atoms with Gasteiger partial charge in [0.05, 0.1) is 17.7 Å². The lowest BCUT2D eigenvalue weighted by molar-refractivity contribution is 0.0539. The van der Waals surface area contributed by atoms with Crippen molar-refractivity contribution in [3.05, 3.63) is 23.4 Å². The lowest BCUT2D eigenvalue weighted by Crippen LogP contribution is -2.43. The van der Waals surface area contributed by atoms with Gasteiger partial charge in [0.25, 0.3) is 0 Å². The summed E-state index contributed by atoms with van der Waals surface area (Å²) in [5.41, 5.74) is 0.880. The third-order valence-corrected chi connectivity index (χ3v) is 3.36. The molecule has 104 valence electrons. The highest BCUT2D eigenvalue weighted by Crippen LogP contribution is 2.24. The summed E-state index contributed by atoms with van der Waals surface area (Å²) in [7, 11) is 0. The Bertz CT molecular complexity index is 468. The van der Waals surface area contributed by atoms with E-state index in [2.05, 4.69) is 17.2 Å². The predicted molar refractivity (Wildman–Crippen MR) is 72.7 cm³/mol. The number of hydrogen-bond acceptors (Lipinski definition) is 4. The average molecular weight is 264 g/mol. The summed E-state index contributed by atoms with van der Waals surface area (Å²) in [4.78, 5) is 15.6. The van der Waals surface area contributed by atoms with E-state index in [1.807, 2.05) is 6.92 Å². The van der Waals surface area contributed by atoms with Gasteiger partial charge in [-0.2, -0.15) is 0 Å². The third kappa shape index (κ3) is 3.44. The number of ether oxygens (including phenoxy) is 1. The predicted octanol–water partition coefficient (Wildman–Crippen LogP) is 2.32. The number of rotatable bonds is 4. The molecule has 1 atom stereocenters. The van der Waals surface area contributed by atoms with Crippen LogP contribution in [0.2, 0.25) is 0 Å². The van der Waals surface area contributed by atoms with E-state index in [0.29, 0.717) is 18.8 Å². The molecule has 0 aliphatic carbocycles. The number of aromatic nitrogens is 1. The molecule has 1 aliphatic heterocycles. The summed E-state index contributed by atoms with van der Waals surface area (Å²) < 4.78 is 5.48. The second-order valence-corrected chi connectivity index (χ2v) is 5.23. The van der Waals surface area contributed by atoms with Crippen LogP contribution < -0.4 is 5.32 Å². The van der Waals surface area contributed by atoms with Gasteiger partial charge in [-0.3, -0.25) is 0 Å². The maximum atomic E-state index is 11.1. The Morgan fingerprint density at radius 3 is 2.95 bits per heavy atom. The zero-order chi connectivity index (χ0) is 13.9. The highest BCUT2D eigenvalue weighted by Gasteiger charge is 2.28. The molecule has 1 aromatic heterocycles. The fourth-order valence-electron chi connectivity index (χ4n) is 2.30. The summed E-state index contributed by atoms with van der Waals surface area (Å²) in [5, 5.41) is 12.4. The van der Waals surface area contributed by atoms with Gasteiger partial charge in [-0.15, -0.1) is 0 Å². The van der Waals surface area contributed by atoms with Crippen LogP contribution in [0.15, 0.2) is 12.1 Å². The van der Waals surface area contributed by atoms with Crippen LogP contribution in [0.5, 0.6) is 0 Å². The molecular weight excluding hydrogens is 244 g/mol. The van der Waals surface area contributed by atoms with Crippen molar-refractivity contribution in [2.24, 2.45) is 0 Å². The number of carboxylic acid groups (broad SMARTS) is 1. The molecule has 2 rings (SSSR count). The van der Waals surface area contributed by atoms with E-state index in [-0.39, 0.29) is 11.1 Å². The molecule has 1 fully saturated rings. The van der Waals surface area contributed by atoms with Gasteiger partial charge in [0.2, 0.25) is 0 Å². The summed E-state index contributed by atoms with van der Waals surface area (Å²) in [5.74, 6) is -0.310. The zero-order valence-corrected chi connectivity index (χ0v) is 11.4. The average Bonchev–Trinajstić information content (AvgIpc) is 2.38. The Morgan fingerprint density at radius 1 is 1.58 bits per heavy atom. The summed E-state index contributed by atoms with van der Waals surface area (Å²) in [6.07, 6.45) is 2.71. The van der Waals surface area contributed by atoms with Gasteiger partial charge >= 0.3 is 5.97 Å². The zero-order valence-electron chi connectivity index (χ0n) is 11.4. The quantitative estimate of drug-likeness (QED) is 0.873. The molecule has 2 N–H and O–H groups in total. The number of nitrogens with zero attached hydrogens (tertiary/aromatic N) is 1. The van der Waals surface area contributed by atoms with E-state index in [9.17, 15) is 4.79 Å². The first-order chi connectivity index (χ1) is 9.02. The van der Waals surface area contributed by atoms with Crippen LogP contribution in [-0.4, -0.2) is 34.8 Å². The maximum Gasteiger partial charge on any atom is 0.335 e. The number of aryl methyl sites for hydroxylation is 1. The maximum absolute atomic E-state index is 11.1. The van der Waals surface area contributed by atoms with Crippen LogP contribution in [0.1, 0.15) is 42.7 Å². The van der Waals surface area contributed by atoms with Crippen molar-refractivity contribution < 1.29 is 14.6 Å². The topological polar surface area (TPSA) is 71.5 Å². The SMILES string of the molecule is CCc1cc(C(=O)O)cc(NC2(C)CCCOC2)n1. The number of anilines is 1. The van der Waals surface area contributed by atoms with E-state index in [1.165, 1.54) is 0 Å². The normalized spacial score (nSPS) is 23.1. The molecule has 0 saturated carbocycles. The molecule has 0 bridgehead atoms. The van der Waals surface area contributed by atoms with Crippen molar-refractivity contribution >= 4 is 11.8 Å². The van der Waals surface area contributed by atoms with E-state index >= 15 is 0 Å². The van der Waals surface area contributed by atoms with Gasteiger partial charge in [-0.1, -0.05) is 6.92 Å². The van der Waals surface area contributed by atoms with Crippen LogP contribution in [0.25, 0.3) is 0 Å². The number of carbonyl (C=O) groups is 1. The molecule has 0 radical (unpaired) electrons. The van der Waals surface area contributed by atoms with Gasteiger partial charge in [-0.05, 0) is 38.3 Å². The van der Waals surface area contributed by atoms with Crippen molar-refractivity contribution in [2.75, 3.05) is 18.5 Å². The number of aromatic carboxylic acids is 1. The highest BCUT2D eigenvalue weighted by molar-refractivity contribution is 5.88. The van der Waals surface area contributed by atoms with Gasteiger partial charge in [0.1, 0.15) is 5.82 Å². The number of carboxylic acids is 1. The molecule has 0 spiro atoms. The molecular formula is C14H20N2O3. The standard InChI is InChI=1S/C14H20N2O3/c1-3-11-7-10(13(17)18)8-12(15-11)16-14(2)5-4-6-19-9-14/h7-8H,3-6,9H2,1-2H3,(H,15,16)(H,17,18). The Balaban J connectivity index is 2.23. The van der Waals surface area contributed by atoms with Crippen molar-refractivity contribution in [1.82, 2.24) is 4.98 Å². The minimum absolute atomic E-state index is 0.173. The third-order valence-electron chi connectivity index (χ3n) is 3.36. The van der Waals surface area contributed by atoms with Gasteiger partial charge < -0.3 is 15.2 Å². The number of hydrogen-bond donors (Lipinski definition) is 2. The summed E-state index contributed by atoms with van der Waals surface area (Å²) in [6, 6.07) is 3.20. The monoisotopic (exact) mass is 264 g/mol. The van der Waals surface area contributed by atoms with Gasteiger partial charge in [-0.25, -0.2) is 9.78 Å². The second kappa shape index (κ2) is 5.57. The van der Waals surface area contributed by atoms with Crippen molar-refractivity contribution in [1.29, 1.82) is 0 Å². The van der Waals surface area contributed by atoms with Crippen molar-refractivity contribution in [3.8, 4) is 0 Å². The Kier molecular flexibility index (Phi) is 4.04. The Hall–Kier alpha value is -1.62. The van der Waals surface area contributed by atoms with Crippen LogP contribution in [0.4, 0.5) is 5.82 Å². The molecule has 0 amide bonds. The summed E-state index contributed by atoms with van der Waals surface area (Å²) in [6.45, 7) is 5.45. The highest BCUT2D eigenvalue weighted by atomic mass is 16.5. The van der Waals surface area contributed by atoms with Crippen molar-refractivity contribution in [2.45, 2.75) is 38.6 Å². The van der Waals surface area contributed by atoms with E-state index in [1.54, 1.807) is 12.1 Å². The fraction of sp³-hybridized carbons (Fsp3) is 0.571. The Labute approximate surface area is 113 Å². The smallest absolute Gasteiger partial charge is 0.335 e. The lowest BCUT2D eigenvalue weighted by Gasteiger charge is -2.34. The van der Waals surface area contributed by atoms with Crippen LogP contribution >= 0.6 is 0 Å². The molecule has 1 unspecified atom stereocenters. The lowest BCUT2D eigenvalue weighted by atomic mass is 9.95. The molecule has 5 nitrogen and oxygen atoms in total. The van der Waals surface area contributed by atoms with E-state index in [0.717, 1.165) is 25.1 Å². The first kappa shape index (κ1) is 13.8. The largest absolute Gasteiger partial charge is 0.478 e. The first-order valence-corrected chi connectivity index (χ1v) is 6.62. The van der Waals surface area contributed by atoms with E-state index in [4.69, 9.17) is 9.84 Å². The Morgan fingerprint density at radius 2 is 2.37 bits per heavy atom. The minimum Gasteiger partial charge on any atom is -0.478 e. The summed E-state index contributed by atoms with van der Waals surface area (Å²) >= 11 is 0. The number of pyridine rings is 1. The van der Waals surface area contributed by atoms with Crippen LogP contribution in [0.3, 0.4) is 0 Å². The second-order valence-electron chi connectivity index (χ2n) is 5.23.